The van der Waals surface area contributed by atoms with E-state index in [1.165, 1.54) is 11.3 Å². The highest BCUT2D eigenvalue weighted by molar-refractivity contribution is 7.15. The Kier molecular flexibility index (Phi) is 7.06. The lowest BCUT2D eigenvalue weighted by Crippen LogP contribution is -2.13. The Hall–Kier alpha value is -2.28. The number of hydrogen-bond acceptors (Lipinski definition) is 6. The minimum atomic E-state index is -0.230. The lowest BCUT2D eigenvalue weighted by molar-refractivity contribution is -0.116. The normalized spacial score (nSPS) is 10.7. The van der Waals surface area contributed by atoms with Crippen LogP contribution in [0.25, 0.3) is 0 Å². The molecule has 6 nitrogen and oxygen atoms in total. The van der Waals surface area contributed by atoms with Crippen LogP contribution in [0.4, 0.5) is 5.13 Å². The number of benzene rings is 1. The summed E-state index contributed by atoms with van der Waals surface area (Å²) < 4.78 is 5.34. The van der Waals surface area contributed by atoms with Crippen LogP contribution < -0.4 is 10.1 Å². The second-order valence-electron chi connectivity index (χ2n) is 6.03. The Labute approximate surface area is 151 Å². The maximum Gasteiger partial charge on any atom is 0.226 e. The lowest BCUT2D eigenvalue weighted by atomic mass is 10.1. The second kappa shape index (κ2) is 9.27. The van der Waals surface area contributed by atoms with Crippen molar-refractivity contribution in [1.82, 2.24) is 10.2 Å². The average Bonchev–Trinajstić information content (AvgIpc) is 2.99. The van der Waals surface area contributed by atoms with E-state index in [1.807, 2.05) is 6.92 Å². The molecule has 7 heteroatoms. The van der Waals surface area contributed by atoms with Gasteiger partial charge in [-0.25, -0.2) is 0 Å². The van der Waals surface area contributed by atoms with Gasteiger partial charge in [0.25, 0.3) is 0 Å². The molecule has 0 atom stereocenters. The smallest absolute Gasteiger partial charge is 0.226 e. The highest BCUT2D eigenvalue weighted by Gasteiger charge is 2.12. The summed E-state index contributed by atoms with van der Waals surface area (Å²) in [6.07, 6.45) is 1.10. The number of anilines is 1. The number of rotatable bonds is 9. The molecular formula is C18H23N3O3S. The Balaban J connectivity index is 1.80. The molecule has 1 amide bonds. The second-order valence-corrected chi connectivity index (χ2v) is 7.09. The number of carbonyl (C=O) groups excluding carboxylic acids is 2. The summed E-state index contributed by atoms with van der Waals surface area (Å²) in [7, 11) is 0. The van der Waals surface area contributed by atoms with Crippen LogP contribution >= 0.6 is 11.3 Å². The maximum absolute atomic E-state index is 12.1. The number of Topliss-reactive ketones (excluding diaryl/α,β-unsaturated/α-hetero) is 1. The molecule has 0 aliphatic carbocycles. The highest BCUT2D eigenvalue weighted by atomic mass is 32.1. The van der Waals surface area contributed by atoms with Gasteiger partial charge in [-0.05, 0) is 37.1 Å². The van der Waals surface area contributed by atoms with Crippen molar-refractivity contribution in [2.75, 3.05) is 11.9 Å². The molecule has 2 aromatic rings. The summed E-state index contributed by atoms with van der Waals surface area (Å²) >= 11 is 1.37. The van der Waals surface area contributed by atoms with E-state index in [4.69, 9.17) is 4.74 Å². The molecule has 0 fully saturated rings. The quantitative estimate of drug-likeness (QED) is 0.688. The van der Waals surface area contributed by atoms with Crippen molar-refractivity contribution in [3.05, 3.63) is 34.8 Å². The Morgan fingerprint density at radius 3 is 2.52 bits per heavy atom. The van der Waals surface area contributed by atoms with Gasteiger partial charge in [-0.1, -0.05) is 25.2 Å². The Morgan fingerprint density at radius 1 is 1.16 bits per heavy atom. The number of nitrogens with one attached hydrogen (secondary N) is 1. The molecule has 0 aliphatic heterocycles. The Morgan fingerprint density at radius 2 is 1.88 bits per heavy atom. The van der Waals surface area contributed by atoms with Crippen LogP contribution in [0.5, 0.6) is 5.75 Å². The zero-order valence-corrected chi connectivity index (χ0v) is 15.6. The summed E-state index contributed by atoms with van der Waals surface area (Å²) in [5.41, 5.74) is 0.575. The molecule has 0 bridgehead atoms. The van der Waals surface area contributed by atoms with Crippen molar-refractivity contribution >= 4 is 28.2 Å². The predicted molar refractivity (Wildman–Crippen MR) is 98.3 cm³/mol. The molecule has 0 saturated carbocycles. The van der Waals surface area contributed by atoms with E-state index in [2.05, 4.69) is 29.4 Å². The third-order valence-corrected chi connectivity index (χ3v) is 4.22. The average molecular weight is 361 g/mol. The van der Waals surface area contributed by atoms with Crippen LogP contribution in [-0.2, 0) is 11.2 Å². The van der Waals surface area contributed by atoms with E-state index in [-0.39, 0.29) is 24.5 Å². The first-order chi connectivity index (χ1) is 12.0. The van der Waals surface area contributed by atoms with Crippen LogP contribution in [0.3, 0.4) is 0 Å². The summed E-state index contributed by atoms with van der Waals surface area (Å²) in [5, 5.41) is 12.1. The van der Waals surface area contributed by atoms with Gasteiger partial charge in [0.15, 0.2) is 5.78 Å². The fourth-order valence-electron chi connectivity index (χ4n) is 2.19. The van der Waals surface area contributed by atoms with Gasteiger partial charge in [0.2, 0.25) is 11.0 Å². The highest BCUT2D eigenvalue weighted by Crippen LogP contribution is 2.19. The molecule has 0 radical (unpaired) electrons. The zero-order chi connectivity index (χ0) is 18.2. The van der Waals surface area contributed by atoms with Crippen LogP contribution in [0.2, 0.25) is 0 Å². The number of nitrogens with zero attached hydrogens (tertiary/aromatic N) is 2. The monoisotopic (exact) mass is 361 g/mol. The van der Waals surface area contributed by atoms with Gasteiger partial charge in [-0.2, -0.15) is 0 Å². The summed E-state index contributed by atoms with van der Waals surface area (Å²) in [5.74, 6) is 0.913. The molecule has 25 heavy (non-hydrogen) atoms. The third kappa shape index (κ3) is 6.26. The SMILES string of the molecule is CCOc1ccc(C(=O)CCC(=O)Nc2nnc(CC(C)C)s2)cc1. The van der Waals surface area contributed by atoms with Gasteiger partial charge in [0.1, 0.15) is 10.8 Å². The molecule has 2 rings (SSSR count). The van der Waals surface area contributed by atoms with Crippen LogP contribution in [-0.4, -0.2) is 28.5 Å². The fourth-order valence-corrected chi connectivity index (χ4v) is 3.16. The number of hydrogen-bond donors (Lipinski definition) is 1. The molecule has 1 aromatic carbocycles. The van der Waals surface area contributed by atoms with E-state index in [9.17, 15) is 9.59 Å². The summed E-state index contributed by atoms with van der Waals surface area (Å²) in [6.45, 7) is 6.69. The first kappa shape index (κ1) is 19.1. The van der Waals surface area contributed by atoms with Gasteiger partial charge in [-0.15, -0.1) is 10.2 Å². The van der Waals surface area contributed by atoms with E-state index in [1.54, 1.807) is 24.3 Å². The van der Waals surface area contributed by atoms with Crippen molar-refractivity contribution in [1.29, 1.82) is 0 Å². The zero-order valence-electron chi connectivity index (χ0n) is 14.7. The largest absolute Gasteiger partial charge is 0.494 e. The standard InChI is InChI=1S/C18H23N3O3S/c1-4-24-14-7-5-13(6-8-14)15(22)9-10-16(23)19-18-21-20-17(25-18)11-12(2)3/h5-8,12H,4,9-11H2,1-3H3,(H,19,21,23). The fraction of sp³-hybridized carbons (Fsp3) is 0.444. The third-order valence-electron chi connectivity index (χ3n) is 3.36. The molecule has 134 valence electrons. The van der Waals surface area contributed by atoms with Crippen molar-refractivity contribution in [2.45, 2.75) is 40.0 Å². The van der Waals surface area contributed by atoms with Gasteiger partial charge in [-0.3, -0.25) is 9.59 Å². The number of ketones is 1. The summed E-state index contributed by atoms with van der Waals surface area (Å²) in [4.78, 5) is 24.1. The minimum Gasteiger partial charge on any atom is -0.494 e. The molecule has 0 unspecified atom stereocenters. The van der Waals surface area contributed by atoms with Crippen molar-refractivity contribution < 1.29 is 14.3 Å². The minimum absolute atomic E-state index is 0.0732. The Bertz CT molecular complexity index is 711. The van der Waals surface area contributed by atoms with Crippen molar-refractivity contribution in [3.8, 4) is 5.75 Å². The van der Waals surface area contributed by atoms with Crippen LogP contribution in [0.1, 0.15) is 49.0 Å². The molecule has 1 N–H and O–H groups in total. The molecule has 1 heterocycles. The molecule has 1 aromatic heterocycles. The lowest BCUT2D eigenvalue weighted by Gasteiger charge is -2.04. The molecular weight excluding hydrogens is 338 g/mol. The maximum atomic E-state index is 12.1. The van der Waals surface area contributed by atoms with Gasteiger partial charge >= 0.3 is 0 Å². The van der Waals surface area contributed by atoms with Gasteiger partial charge < -0.3 is 10.1 Å². The number of amides is 1. The number of carbonyl (C=O) groups is 2. The van der Waals surface area contributed by atoms with Crippen LogP contribution in [0.15, 0.2) is 24.3 Å². The topological polar surface area (TPSA) is 81.2 Å². The predicted octanol–water partition coefficient (Wildman–Crippen LogP) is 3.74. The molecule has 0 spiro atoms. The van der Waals surface area contributed by atoms with E-state index >= 15 is 0 Å². The number of aromatic nitrogens is 2. The summed E-state index contributed by atoms with van der Waals surface area (Å²) in [6, 6.07) is 6.95. The first-order valence-corrected chi connectivity index (χ1v) is 9.18. The van der Waals surface area contributed by atoms with Crippen LogP contribution in [0, 0.1) is 5.92 Å². The number of ether oxygens (including phenoxy) is 1. The van der Waals surface area contributed by atoms with E-state index < -0.39 is 0 Å². The first-order valence-electron chi connectivity index (χ1n) is 8.36. The van der Waals surface area contributed by atoms with Gasteiger partial charge in [0.05, 0.1) is 6.61 Å². The van der Waals surface area contributed by atoms with Gasteiger partial charge in [0, 0.05) is 24.8 Å². The van der Waals surface area contributed by atoms with Crippen molar-refractivity contribution in [3.63, 3.8) is 0 Å². The van der Waals surface area contributed by atoms with E-state index in [0.717, 1.165) is 17.2 Å². The van der Waals surface area contributed by atoms with Crippen molar-refractivity contribution in [2.24, 2.45) is 5.92 Å². The molecule has 0 saturated heterocycles. The van der Waals surface area contributed by atoms with E-state index in [0.29, 0.717) is 23.2 Å². The molecule has 0 aliphatic rings.